The number of nitrogens with one attached hydrogen (secondary N) is 2. The Morgan fingerprint density at radius 2 is 2.00 bits per heavy atom. The first-order chi connectivity index (χ1) is 13.4. The normalized spacial score (nSPS) is 17.6. The number of esters is 1. The molecule has 1 unspecified atom stereocenters. The summed E-state index contributed by atoms with van der Waals surface area (Å²) in [7, 11) is 1.52. The number of ether oxygens (including phenoxy) is 3. The summed E-state index contributed by atoms with van der Waals surface area (Å²) in [6, 6.07) is 11.5. The van der Waals surface area contributed by atoms with Crippen molar-refractivity contribution in [2.24, 2.45) is 0 Å². The lowest BCUT2D eigenvalue weighted by molar-refractivity contribution is -0.165. The van der Waals surface area contributed by atoms with Gasteiger partial charge >= 0.3 is 5.97 Å². The highest BCUT2D eigenvalue weighted by molar-refractivity contribution is 6.14. The van der Waals surface area contributed by atoms with Gasteiger partial charge in [-0.3, -0.25) is 9.59 Å². The van der Waals surface area contributed by atoms with Crippen LogP contribution in [0.1, 0.15) is 24.2 Å². The molecule has 146 valence electrons. The van der Waals surface area contributed by atoms with Crippen molar-refractivity contribution < 1.29 is 28.6 Å². The summed E-state index contributed by atoms with van der Waals surface area (Å²) < 4.78 is 15.7. The van der Waals surface area contributed by atoms with Crippen molar-refractivity contribution in [1.82, 2.24) is 0 Å². The third-order valence-corrected chi connectivity index (χ3v) is 4.23. The fraction of sp³-hybridized carbons (Fsp3) is 0.250. The predicted octanol–water partition coefficient (Wildman–Crippen LogP) is 2.60. The van der Waals surface area contributed by atoms with Crippen LogP contribution < -0.4 is 20.1 Å². The van der Waals surface area contributed by atoms with E-state index >= 15 is 0 Å². The summed E-state index contributed by atoms with van der Waals surface area (Å²) in [4.78, 5) is 36.9. The lowest BCUT2D eigenvalue weighted by Crippen LogP contribution is -2.55. The first kappa shape index (κ1) is 19.2. The molecule has 8 heteroatoms. The number of carbonyl (C=O) groups is 3. The first-order valence-electron chi connectivity index (χ1n) is 8.64. The summed E-state index contributed by atoms with van der Waals surface area (Å²) in [5, 5.41) is 5.37. The third kappa shape index (κ3) is 3.62. The summed E-state index contributed by atoms with van der Waals surface area (Å²) in [5.74, 6) is -0.935. The summed E-state index contributed by atoms with van der Waals surface area (Å²) in [6.07, 6.45) is 0. The van der Waals surface area contributed by atoms with Gasteiger partial charge in [0.25, 0.3) is 17.4 Å². The molecule has 0 saturated heterocycles. The van der Waals surface area contributed by atoms with Crippen molar-refractivity contribution in [2.75, 3.05) is 24.4 Å². The smallest absolute Gasteiger partial charge is 0.360 e. The van der Waals surface area contributed by atoms with E-state index in [0.717, 1.165) is 0 Å². The molecule has 2 amide bonds. The van der Waals surface area contributed by atoms with Gasteiger partial charge < -0.3 is 24.8 Å². The van der Waals surface area contributed by atoms with Gasteiger partial charge in [-0.2, -0.15) is 0 Å². The molecule has 28 heavy (non-hydrogen) atoms. The van der Waals surface area contributed by atoms with E-state index in [1.54, 1.807) is 43.3 Å². The molecule has 0 aromatic heterocycles. The van der Waals surface area contributed by atoms with Gasteiger partial charge in [0.15, 0.2) is 0 Å². The Morgan fingerprint density at radius 1 is 1.21 bits per heavy atom. The van der Waals surface area contributed by atoms with Crippen LogP contribution in [0.25, 0.3) is 0 Å². The number of rotatable bonds is 5. The van der Waals surface area contributed by atoms with Gasteiger partial charge in [-0.25, -0.2) is 4.79 Å². The molecular weight excluding hydrogens is 364 g/mol. The summed E-state index contributed by atoms with van der Waals surface area (Å²) >= 11 is 0. The maximum atomic E-state index is 12.5. The zero-order valence-electron chi connectivity index (χ0n) is 15.7. The molecular formula is C20H20N2O6. The van der Waals surface area contributed by atoms with Gasteiger partial charge in [-0.1, -0.05) is 6.07 Å². The Morgan fingerprint density at radius 3 is 2.71 bits per heavy atom. The number of fused-ring (bicyclic) bond motifs is 1. The number of anilines is 2. The van der Waals surface area contributed by atoms with E-state index < -0.39 is 17.5 Å². The number of carbonyl (C=O) groups excluding carboxylic acids is 3. The Bertz CT molecular complexity index is 942. The molecule has 0 aliphatic carbocycles. The number of methoxy groups -OCH3 is 1. The highest BCUT2D eigenvalue weighted by Crippen LogP contribution is 2.36. The summed E-state index contributed by atoms with van der Waals surface area (Å²) in [5.41, 5.74) is -0.555. The Labute approximate surface area is 161 Å². The van der Waals surface area contributed by atoms with E-state index in [0.29, 0.717) is 22.7 Å². The second-order valence-corrected chi connectivity index (χ2v) is 6.21. The van der Waals surface area contributed by atoms with E-state index in [1.165, 1.54) is 20.1 Å². The zero-order valence-corrected chi connectivity index (χ0v) is 15.7. The Balaban J connectivity index is 1.82. The predicted molar refractivity (Wildman–Crippen MR) is 102 cm³/mol. The van der Waals surface area contributed by atoms with E-state index in [2.05, 4.69) is 10.6 Å². The fourth-order valence-corrected chi connectivity index (χ4v) is 2.67. The van der Waals surface area contributed by atoms with Crippen molar-refractivity contribution in [3.05, 3.63) is 48.0 Å². The molecule has 0 saturated carbocycles. The molecule has 1 heterocycles. The van der Waals surface area contributed by atoms with Crippen molar-refractivity contribution in [3.63, 3.8) is 0 Å². The largest absolute Gasteiger partial charge is 0.497 e. The van der Waals surface area contributed by atoms with E-state index in [1.807, 2.05) is 0 Å². The molecule has 3 rings (SSSR count). The van der Waals surface area contributed by atoms with Crippen LogP contribution in [0.5, 0.6) is 11.5 Å². The summed E-state index contributed by atoms with van der Waals surface area (Å²) in [6.45, 7) is 3.10. The van der Waals surface area contributed by atoms with Crippen LogP contribution in [0.2, 0.25) is 0 Å². The van der Waals surface area contributed by atoms with Crippen LogP contribution in [0.15, 0.2) is 42.5 Å². The highest BCUT2D eigenvalue weighted by Gasteiger charge is 2.48. The van der Waals surface area contributed by atoms with Crippen LogP contribution in [0.4, 0.5) is 11.4 Å². The minimum Gasteiger partial charge on any atom is -0.497 e. The van der Waals surface area contributed by atoms with Gasteiger partial charge in [-0.15, -0.1) is 0 Å². The van der Waals surface area contributed by atoms with Crippen molar-refractivity contribution in [1.29, 1.82) is 0 Å². The molecule has 2 aromatic rings. The molecule has 1 atom stereocenters. The zero-order chi connectivity index (χ0) is 20.3. The molecule has 0 radical (unpaired) electrons. The topological polar surface area (TPSA) is 103 Å². The first-order valence-corrected chi connectivity index (χ1v) is 8.64. The number of hydrogen-bond donors (Lipinski definition) is 2. The molecule has 0 spiro atoms. The van der Waals surface area contributed by atoms with Gasteiger partial charge in [0.05, 0.1) is 19.4 Å². The van der Waals surface area contributed by atoms with Gasteiger partial charge in [0.2, 0.25) is 0 Å². The molecule has 0 fully saturated rings. The lowest BCUT2D eigenvalue weighted by atomic mass is 10.0. The quantitative estimate of drug-likeness (QED) is 0.607. The molecule has 1 aliphatic heterocycles. The van der Waals surface area contributed by atoms with Crippen LogP contribution in [0, 0.1) is 0 Å². The highest BCUT2D eigenvalue weighted by atomic mass is 16.6. The molecule has 8 nitrogen and oxygen atoms in total. The van der Waals surface area contributed by atoms with Crippen molar-refractivity contribution >= 4 is 29.2 Å². The van der Waals surface area contributed by atoms with Crippen LogP contribution in [-0.2, 0) is 14.3 Å². The maximum Gasteiger partial charge on any atom is 0.360 e. The van der Waals surface area contributed by atoms with E-state index in [4.69, 9.17) is 14.2 Å². The average molecular weight is 384 g/mol. The molecule has 2 N–H and O–H groups in total. The van der Waals surface area contributed by atoms with Crippen molar-refractivity contribution in [2.45, 2.75) is 19.4 Å². The Hall–Kier alpha value is -3.55. The van der Waals surface area contributed by atoms with Gasteiger partial charge in [0.1, 0.15) is 11.5 Å². The second-order valence-electron chi connectivity index (χ2n) is 6.21. The van der Waals surface area contributed by atoms with Crippen molar-refractivity contribution in [3.8, 4) is 11.5 Å². The number of benzene rings is 2. The second kappa shape index (κ2) is 7.59. The van der Waals surface area contributed by atoms with Gasteiger partial charge in [0, 0.05) is 17.3 Å². The van der Waals surface area contributed by atoms with Crippen LogP contribution >= 0.6 is 0 Å². The van der Waals surface area contributed by atoms with Crippen LogP contribution in [-0.4, -0.2) is 37.1 Å². The van der Waals surface area contributed by atoms with E-state index in [9.17, 15) is 14.4 Å². The number of amides is 2. The average Bonchev–Trinajstić information content (AvgIpc) is 2.69. The molecule has 1 aliphatic rings. The fourth-order valence-electron chi connectivity index (χ4n) is 2.67. The third-order valence-electron chi connectivity index (χ3n) is 4.23. The standard InChI is InChI=1S/C20H20N2O6/c1-4-27-19(25)20(2)18(24)22-15-9-8-13(11-16(15)28-20)21-17(23)12-6-5-7-14(10-12)26-3/h5-11H,4H2,1-3H3,(H,21,23)(H,22,24). The monoisotopic (exact) mass is 384 g/mol. The number of hydrogen-bond acceptors (Lipinski definition) is 6. The van der Waals surface area contributed by atoms with Crippen LogP contribution in [0.3, 0.4) is 0 Å². The minimum absolute atomic E-state index is 0.120. The molecule has 2 aromatic carbocycles. The lowest BCUT2D eigenvalue weighted by Gasteiger charge is -2.32. The maximum absolute atomic E-state index is 12.5. The SMILES string of the molecule is CCOC(=O)C1(C)Oc2cc(NC(=O)c3cccc(OC)c3)ccc2NC1=O. The van der Waals surface area contributed by atoms with E-state index in [-0.39, 0.29) is 18.3 Å². The van der Waals surface area contributed by atoms with Gasteiger partial charge in [-0.05, 0) is 44.2 Å². The molecule has 0 bridgehead atoms. The Kier molecular flexibility index (Phi) is 5.21. The minimum atomic E-state index is -1.81.